The molecule has 0 atom stereocenters. The van der Waals surface area contributed by atoms with Gasteiger partial charge < -0.3 is 29.3 Å². The van der Waals surface area contributed by atoms with Crippen LogP contribution in [-0.4, -0.2) is 68.4 Å². The topological polar surface area (TPSA) is 80.3 Å². The number of carbonyl (C=O) groups is 2. The summed E-state index contributed by atoms with van der Waals surface area (Å²) in [5.41, 5.74) is 0.807. The predicted octanol–water partition coefficient (Wildman–Crippen LogP) is 3.12. The van der Waals surface area contributed by atoms with Gasteiger partial charge in [0.15, 0.2) is 11.5 Å². The fraction of sp³-hybridized carbons (Fsp3) is 0.579. The van der Waals surface area contributed by atoms with Gasteiger partial charge in [0.1, 0.15) is 0 Å². The summed E-state index contributed by atoms with van der Waals surface area (Å²) in [7, 11) is 1.54. The van der Waals surface area contributed by atoms with Gasteiger partial charge in [-0.3, -0.25) is 0 Å². The number of halogens is 1. The maximum absolute atomic E-state index is 12.5. The van der Waals surface area contributed by atoms with Crippen molar-refractivity contribution in [1.82, 2.24) is 15.1 Å². The molecule has 1 saturated heterocycles. The van der Waals surface area contributed by atoms with Gasteiger partial charge in [0.05, 0.1) is 25.3 Å². The van der Waals surface area contributed by atoms with Crippen LogP contribution in [0.3, 0.4) is 0 Å². The Balaban J connectivity index is 1.93. The van der Waals surface area contributed by atoms with Crippen LogP contribution in [0.1, 0.15) is 25.8 Å². The first kappa shape index (κ1) is 21.9. The molecule has 8 nitrogen and oxygen atoms in total. The van der Waals surface area contributed by atoms with Crippen molar-refractivity contribution in [2.24, 2.45) is 0 Å². The number of hydrogen-bond donors (Lipinski definition) is 1. The van der Waals surface area contributed by atoms with E-state index in [4.69, 9.17) is 25.8 Å². The maximum atomic E-state index is 12.5. The first-order valence-corrected chi connectivity index (χ1v) is 9.81. The molecule has 156 valence electrons. The first-order valence-electron chi connectivity index (χ1n) is 9.43. The smallest absolute Gasteiger partial charge is 0.409 e. The standard InChI is InChI=1S/C19H28ClN3O5/c1-4-27-17-15(20)11-14(12-16(17)26-3)13-21-18(24)22-7-6-8-23(10-9-22)19(25)28-5-2/h11-12H,4-10,13H2,1-3H3,(H,21,24). The summed E-state index contributed by atoms with van der Waals surface area (Å²) in [5.74, 6) is 1.02. The number of carbonyl (C=O) groups excluding carboxylic acids is 2. The Morgan fingerprint density at radius 3 is 2.50 bits per heavy atom. The Kier molecular flexibility index (Phi) is 8.50. The largest absolute Gasteiger partial charge is 0.493 e. The van der Waals surface area contributed by atoms with Gasteiger partial charge >= 0.3 is 12.1 Å². The molecule has 0 aliphatic carbocycles. The van der Waals surface area contributed by atoms with Crippen molar-refractivity contribution in [3.8, 4) is 11.5 Å². The molecule has 1 N–H and O–H groups in total. The van der Waals surface area contributed by atoms with E-state index < -0.39 is 0 Å². The molecular formula is C19H28ClN3O5. The molecule has 1 aliphatic heterocycles. The van der Waals surface area contributed by atoms with E-state index >= 15 is 0 Å². The molecule has 9 heteroatoms. The molecular weight excluding hydrogens is 386 g/mol. The lowest BCUT2D eigenvalue weighted by Gasteiger charge is -2.22. The molecule has 28 heavy (non-hydrogen) atoms. The summed E-state index contributed by atoms with van der Waals surface area (Å²) >= 11 is 6.27. The normalized spacial score (nSPS) is 14.3. The number of hydrogen-bond acceptors (Lipinski definition) is 5. The van der Waals surface area contributed by atoms with E-state index in [0.717, 1.165) is 5.56 Å². The van der Waals surface area contributed by atoms with Crippen LogP contribution in [-0.2, 0) is 11.3 Å². The Morgan fingerprint density at radius 2 is 1.82 bits per heavy atom. The second kappa shape index (κ2) is 10.8. The lowest BCUT2D eigenvalue weighted by Crippen LogP contribution is -2.42. The lowest BCUT2D eigenvalue weighted by molar-refractivity contribution is 0.108. The SMILES string of the molecule is CCOC(=O)N1CCCN(C(=O)NCc2cc(Cl)c(OCC)c(OC)c2)CC1. The monoisotopic (exact) mass is 413 g/mol. The van der Waals surface area contributed by atoms with Gasteiger partial charge in [-0.05, 0) is 38.0 Å². The van der Waals surface area contributed by atoms with Crippen molar-refractivity contribution >= 4 is 23.7 Å². The van der Waals surface area contributed by atoms with Crippen LogP contribution in [0.2, 0.25) is 5.02 Å². The van der Waals surface area contributed by atoms with Crippen LogP contribution in [0.4, 0.5) is 9.59 Å². The number of amides is 3. The highest BCUT2D eigenvalue weighted by atomic mass is 35.5. The van der Waals surface area contributed by atoms with Crippen molar-refractivity contribution in [2.75, 3.05) is 46.5 Å². The third-order valence-electron chi connectivity index (χ3n) is 4.33. The Labute approximate surface area is 170 Å². The van der Waals surface area contributed by atoms with E-state index in [1.807, 2.05) is 6.92 Å². The van der Waals surface area contributed by atoms with Gasteiger partial charge in [0.25, 0.3) is 0 Å². The Bertz CT molecular complexity index is 686. The highest BCUT2D eigenvalue weighted by Gasteiger charge is 2.22. The second-order valence-corrected chi connectivity index (χ2v) is 6.63. The first-order chi connectivity index (χ1) is 13.5. The van der Waals surface area contributed by atoms with Crippen molar-refractivity contribution in [3.63, 3.8) is 0 Å². The van der Waals surface area contributed by atoms with Crippen LogP contribution in [0, 0.1) is 0 Å². The number of nitrogens with one attached hydrogen (secondary N) is 1. The summed E-state index contributed by atoms with van der Waals surface area (Å²) < 4.78 is 15.9. The number of urea groups is 1. The third kappa shape index (κ3) is 5.82. The number of methoxy groups -OCH3 is 1. The van der Waals surface area contributed by atoms with E-state index in [-0.39, 0.29) is 12.1 Å². The zero-order valence-corrected chi connectivity index (χ0v) is 17.4. The molecule has 1 aromatic rings. The zero-order chi connectivity index (χ0) is 20.5. The quantitative estimate of drug-likeness (QED) is 0.775. The minimum atomic E-state index is -0.333. The van der Waals surface area contributed by atoms with Crippen LogP contribution in [0.5, 0.6) is 11.5 Å². The van der Waals surface area contributed by atoms with Crippen molar-refractivity contribution in [2.45, 2.75) is 26.8 Å². The van der Waals surface area contributed by atoms with E-state index in [1.54, 1.807) is 36.0 Å². The molecule has 0 unspecified atom stereocenters. The highest BCUT2D eigenvalue weighted by Crippen LogP contribution is 2.36. The van der Waals surface area contributed by atoms with Gasteiger partial charge in [0.2, 0.25) is 0 Å². The number of rotatable bonds is 6. The van der Waals surface area contributed by atoms with Gasteiger partial charge in [-0.2, -0.15) is 0 Å². The minimum Gasteiger partial charge on any atom is -0.493 e. The average molecular weight is 414 g/mol. The van der Waals surface area contributed by atoms with E-state index in [1.165, 1.54) is 0 Å². The number of benzene rings is 1. The van der Waals surface area contributed by atoms with Crippen molar-refractivity contribution in [1.29, 1.82) is 0 Å². The predicted molar refractivity (Wildman–Crippen MR) is 106 cm³/mol. The van der Waals surface area contributed by atoms with Gasteiger partial charge in [0, 0.05) is 32.7 Å². The Morgan fingerprint density at radius 1 is 1.11 bits per heavy atom. The highest BCUT2D eigenvalue weighted by molar-refractivity contribution is 6.32. The molecule has 0 bridgehead atoms. The summed E-state index contributed by atoms with van der Waals surface area (Å²) in [5, 5.41) is 3.33. The number of ether oxygens (including phenoxy) is 3. The minimum absolute atomic E-state index is 0.185. The molecule has 2 rings (SSSR count). The summed E-state index contributed by atoms with van der Waals surface area (Å²) in [4.78, 5) is 27.7. The van der Waals surface area contributed by atoms with Crippen molar-refractivity contribution in [3.05, 3.63) is 22.7 Å². The lowest BCUT2D eigenvalue weighted by atomic mass is 10.2. The molecule has 3 amide bonds. The third-order valence-corrected chi connectivity index (χ3v) is 4.61. The summed E-state index contributed by atoms with van der Waals surface area (Å²) in [6, 6.07) is 3.36. The molecule has 1 fully saturated rings. The van der Waals surface area contributed by atoms with Gasteiger partial charge in [-0.15, -0.1) is 0 Å². The average Bonchev–Trinajstić information content (AvgIpc) is 2.94. The van der Waals surface area contributed by atoms with E-state index in [0.29, 0.717) is 68.9 Å². The summed E-state index contributed by atoms with van der Waals surface area (Å²) in [6.07, 6.45) is 0.371. The summed E-state index contributed by atoms with van der Waals surface area (Å²) in [6.45, 7) is 6.83. The van der Waals surface area contributed by atoms with Gasteiger partial charge in [-0.1, -0.05) is 11.6 Å². The number of nitrogens with zero attached hydrogens (tertiary/aromatic N) is 2. The maximum Gasteiger partial charge on any atom is 0.409 e. The molecule has 0 radical (unpaired) electrons. The van der Waals surface area contributed by atoms with E-state index in [9.17, 15) is 9.59 Å². The molecule has 0 saturated carbocycles. The zero-order valence-electron chi connectivity index (χ0n) is 16.6. The molecule has 0 aromatic heterocycles. The molecule has 1 heterocycles. The fourth-order valence-corrected chi connectivity index (χ4v) is 3.25. The van der Waals surface area contributed by atoms with E-state index in [2.05, 4.69) is 5.32 Å². The van der Waals surface area contributed by atoms with Crippen molar-refractivity contribution < 1.29 is 23.8 Å². The van der Waals surface area contributed by atoms with Gasteiger partial charge in [-0.25, -0.2) is 9.59 Å². The second-order valence-electron chi connectivity index (χ2n) is 6.23. The molecule has 0 spiro atoms. The van der Waals surface area contributed by atoms with Crippen LogP contribution >= 0.6 is 11.6 Å². The Hall–Kier alpha value is -2.35. The molecule has 1 aliphatic rings. The van der Waals surface area contributed by atoms with Crippen LogP contribution in [0.25, 0.3) is 0 Å². The van der Waals surface area contributed by atoms with Crippen LogP contribution in [0.15, 0.2) is 12.1 Å². The fourth-order valence-electron chi connectivity index (χ4n) is 2.97. The van der Waals surface area contributed by atoms with Crippen LogP contribution < -0.4 is 14.8 Å². The molecule has 1 aromatic carbocycles.